The van der Waals surface area contributed by atoms with Gasteiger partial charge in [0.05, 0.1) is 34.6 Å². The Hall–Kier alpha value is -5.22. The van der Waals surface area contributed by atoms with Crippen LogP contribution in [0.2, 0.25) is 0 Å². The molecule has 3 aromatic carbocycles. The van der Waals surface area contributed by atoms with Crippen molar-refractivity contribution in [3.8, 4) is 5.75 Å². The van der Waals surface area contributed by atoms with Crippen LogP contribution in [0.4, 0.5) is 0 Å². The lowest BCUT2D eigenvalue weighted by molar-refractivity contribution is -0.139. The number of nitrogens with zero attached hydrogens (tertiary/aromatic N) is 4. The number of thiazole rings is 1. The molecule has 5 aromatic rings. The number of hydrogen-bond donors (Lipinski definition) is 0. The number of likely N-dealkylation sites (tertiary alicyclic amines) is 1. The summed E-state index contributed by atoms with van der Waals surface area (Å²) < 4.78 is 15.5. The van der Waals surface area contributed by atoms with Crippen LogP contribution in [-0.4, -0.2) is 51.7 Å². The van der Waals surface area contributed by atoms with Gasteiger partial charge in [-0.3, -0.25) is 14.2 Å². The SMILES string of the molecule is CCOC(=O)C1=C(c2ccccc2)N=c2s/c(=C\c3cn(CC(=O)N4CCCC4)c4ccccc34)c(=O)n2[C@H]1c1ccc(OC(C)C)cc1. The molecule has 1 amide bonds. The lowest BCUT2D eigenvalue weighted by atomic mass is 9.93. The number of fused-ring (bicyclic) bond motifs is 2. The number of aromatic nitrogens is 2. The molecular formula is C39H38N4O5S. The minimum atomic E-state index is -0.791. The van der Waals surface area contributed by atoms with Gasteiger partial charge in [-0.1, -0.05) is 72.0 Å². The van der Waals surface area contributed by atoms with Crippen LogP contribution in [0.5, 0.6) is 5.75 Å². The van der Waals surface area contributed by atoms with Gasteiger partial charge in [0, 0.05) is 41.3 Å². The maximum absolute atomic E-state index is 14.5. The largest absolute Gasteiger partial charge is 0.491 e. The zero-order valence-electron chi connectivity index (χ0n) is 27.8. The van der Waals surface area contributed by atoms with Crippen LogP contribution >= 0.6 is 11.3 Å². The third-order valence-electron chi connectivity index (χ3n) is 8.81. The van der Waals surface area contributed by atoms with Gasteiger partial charge in [-0.05, 0) is 63.5 Å². The maximum atomic E-state index is 14.5. The second-order valence-corrected chi connectivity index (χ2v) is 13.5. The van der Waals surface area contributed by atoms with E-state index in [0.29, 0.717) is 26.4 Å². The molecule has 4 heterocycles. The molecule has 0 N–H and O–H groups in total. The van der Waals surface area contributed by atoms with Crippen molar-refractivity contribution < 1.29 is 19.1 Å². The highest BCUT2D eigenvalue weighted by Gasteiger charge is 2.35. The van der Waals surface area contributed by atoms with Crippen molar-refractivity contribution in [3.63, 3.8) is 0 Å². The molecule has 9 nitrogen and oxygen atoms in total. The number of rotatable bonds is 9. The van der Waals surface area contributed by atoms with E-state index in [4.69, 9.17) is 14.5 Å². The summed E-state index contributed by atoms with van der Waals surface area (Å²) in [5.74, 6) is 0.252. The zero-order valence-corrected chi connectivity index (χ0v) is 28.6. The fourth-order valence-corrected chi connectivity index (χ4v) is 7.62. The molecule has 10 heteroatoms. The second kappa shape index (κ2) is 13.7. The van der Waals surface area contributed by atoms with Crippen molar-refractivity contribution in [2.75, 3.05) is 19.7 Å². The Bertz CT molecular complexity index is 2240. The number of carbonyl (C=O) groups is 2. The van der Waals surface area contributed by atoms with Crippen molar-refractivity contribution in [1.82, 2.24) is 14.0 Å². The first kappa shape index (κ1) is 32.3. The average Bonchev–Trinajstić information content (AvgIpc) is 3.84. The van der Waals surface area contributed by atoms with E-state index >= 15 is 0 Å². The highest BCUT2D eigenvalue weighted by molar-refractivity contribution is 7.07. The summed E-state index contributed by atoms with van der Waals surface area (Å²) in [7, 11) is 0. The molecule has 2 aliphatic heterocycles. The molecule has 2 aliphatic rings. The van der Waals surface area contributed by atoms with E-state index < -0.39 is 12.0 Å². The van der Waals surface area contributed by atoms with Crippen molar-refractivity contribution in [1.29, 1.82) is 0 Å². The predicted molar refractivity (Wildman–Crippen MR) is 191 cm³/mol. The van der Waals surface area contributed by atoms with Gasteiger partial charge in [0.1, 0.15) is 12.3 Å². The molecule has 1 fully saturated rings. The number of amides is 1. The summed E-state index contributed by atoms with van der Waals surface area (Å²) in [6.07, 6.45) is 5.87. The number of ether oxygens (including phenoxy) is 2. The quantitative estimate of drug-likeness (QED) is 0.198. The summed E-state index contributed by atoms with van der Waals surface area (Å²) in [5.41, 5.74) is 3.72. The van der Waals surface area contributed by atoms with Crippen LogP contribution in [0, 0.1) is 0 Å². The van der Waals surface area contributed by atoms with E-state index in [-0.39, 0.29) is 30.7 Å². The number of carbonyl (C=O) groups excluding carboxylic acids is 2. The average molecular weight is 675 g/mol. The van der Waals surface area contributed by atoms with Gasteiger partial charge >= 0.3 is 5.97 Å². The molecule has 0 aliphatic carbocycles. The third kappa shape index (κ3) is 6.36. The highest BCUT2D eigenvalue weighted by Crippen LogP contribution is 2.36. The van der Waals surface area contributed by atoms with E-state index in [2.05, 4.69) is 0 Å². The van der Waals surface area contributed by atoms with Gasteiger partial charge < -0.3 is 18.9 Å². The molecule has 0 radical (unpaired) electrons. The van der Waals surface area contributed by atoms with Crippen molar-refractivity contribution in [2.45, 2.75) is 52.3 Å². The molecule has 0 bridgehead atoms. The topological polar surface area (TPSA) is 95.1 Å². The second-order valence-electron chi connectivity index (χ2n) is 12.5. The summed E-state index contributed by atoms with van der Waals surface area (Å²) in [5, 5.41) is 0.942. The summed E-state index contributed by atoms with van der Waals surface area (Å²) in [6, 6.07) is 24.1. The predicted octanol–water partition coefficient (Wildman–Crippen LogP) is 5.30. The third-order valence-corrected chi connectivity index (χ3v) is 9.79. The van der Waals surface area contributed by atoms with Crippen molar-refractivity contribution in [3.05, 3.63) is 127 Å². The summed E-state index contributed by atoms with van der Waals surface area (Å²) in [4.78, 5) is 48.8. The summed E-state index contributed by atoms with van der Waals surface area (Å²) >= 11 is 1.28. The lowest BCUT2D eigenvalue weighted by Gasteiger charge is -2.26. The van der Waals surface area contributed by atoms with E-state index in [1.807, 2.05) is 114 Å². The Kier molecular flexibility index (Phi) is 9.05. The lowest BCUT2D eigenvalue weighted by Crippen LogP contribution is -2.40. The molecule has 0 spiro atoms. The highest BCUT2D eigenvalue weighted by atomic mass is 32.1. The fourth-order valence-electron chi connectivity index (χ4n) is 6.63. The Morgan fingerprint density at radius 2 is 1.69 bits per heavy atom. The van der Waals surface area contributed by atoms with Gasteiger partial charge in [-0.15, -0.1) is 0 Å². The first-order chi connectivity index (χ1) is 23.8. The molecule has 0 unspecified atom stereocenters. The summed E-state index contributed by atoms with van der Waals surface area (Å²) in [6.45, 7) is 7.67. The fraction of sp³-hybridized carbons (Fsp3) is 0.282. The number of hydrogen-bond acceptors (Lipinski definition) is 7. The van der Waals surface area contributed by atoms with Crippen LogP contribution < -0.4 is 19.6 Å². The minimum absolute atomic E-state index is 0.00696. The van der Waals surface area contributed by atoms with Crippen LogP contribution in [0.15, 0.2) is 100 Å². The van der Waals surface area contributed by atoms with Crippen LogP contribution in [-0.2, 0) is 20.9 Å². The molecule has 7 rings (SSSR count). The smallest absolute Gasteiger partial charge is 0.338 e. The Morgan fingerprint density at radius 1 is 0.980 bits per heavy atom. The van der Waals surface area contributed by atoms with Gasteiger partial charge in [-0.25, -0.2) is 9.79 Å². The van der Waals surface area contributed by atoms with Gasteiger partial charge in [0.15, 0.2) is 4.80 Å². The standard InChI is InChI=1S/C39H38N4O5S/c1-4-47-38(46)34-35(26-12-6-5-7-13-26)40-39-43(36(34)27-16-18-29(19-17-27)48-25(2)3)37(45)32(49-39)22-28-23-42(31-15-9-8-14-30(28)31)24-33(44)41-20-10-11-21-41/h5-9,12-19,22-23,25,36H,4,10-11,20-21,24H2,1-3H3/b32-22-/t36-/m0/s1. The number of benzene rings is 3. The van der Waals surface area contributed by atoms with Crippen molar-refractivity contribution >= 4 is 45.9 Å². The molecule has 1 atom stereocenters. The first-order valence-corrected chi connectivity index (χ1v) is 17.5. The molecular weight excluding hydrogens is 637 g/mol. The van der Waals surface area contributed by atoms with E-state index in [9.17, 15) is 14.4 Å². The van der Waals surface area contributed by atoms with Gasteiger partial charge in [-0.2, -0.15) is 0 Å². The zero-order chi connectivity index (χ0) is 34.1. The van der Waals surface area contributed by atoms with E-state index in [1.165, 1.54) is 11.3 Å². The van der Waals surface area contributed by atoms with Crippen molar-refractivity contribution in [2.24, 2.45) is 4.99 Å². The monoisotopic (exact) mass is 674 g/mol. The normalized spacial score (nSPS) is 16.3. The van der Waals surface area contributed by atoms with Gasteiger partial charge in [0.2, 0.25) is 5.91 Å². The Morgan fingerprint density at radius 3 is 2.41 bits per heavy atom. The Labute approximate surface area is 288 Å². The van der Waals surface area contributed by atoms with Crippen LogP contribution in [0.3, 0.4) is 0 Å². The molecule has 1 saturated heterocycles. The van der Waals surface area contributed by atoms with Gasteiger partial charge in [0.25, 0.3) is 5.56 Å². The van der Waals surface area contributed by atoms with Crippen LogP contribution in [0.1, 0.15) is 56.3 Å². The molecule has 0 saturated carbocycles. The van der Waals surface area contributed by atoms with E-state index in [0.717, 1.165) is 53.5 Å². The number of para-hydroxylation sites is 1. The molecule has 2 aromatic heterocycles. The molecule has 49 heavy (non-hydrogen) atoms. The van der Waals surface area contributed by atoms with Crippen LogP contribution in [0.25, 0.3) is 22.7 Å². The Balaban J connectivity index is 1.41. The molecule has 250 valence electrons. The number of esters is 1. The minimum Gasteiger partial charge on any atom is -0.491 e. The van der Waals surface area contributed by atoms with E-state index in [1.54, 1.807) is 11.5 Å². The first-order valence-electron chi connectivity index (χ1n) is 16.7. The maximum Gasteiger partial charge on any atom is 0.338 e.